The molecule has 2 atom stereocenters. The highest BCUT2D eigenvalue weighted by Gasteiger charge is 2.25. The molecular weight excluding hydrogens is 334 g/mol. The number of hydrogen-bond donors (Lipinski definition) is 4. The van der Waals surface area contributed by atoms with E-state index in [2.05, 4.69) is 5.32 Å². The summed E-state index contributed by atoms with van der Waals surface area (Å²) >= 11 is 0.951. The second-order valence-electron chi connectivity index (χ2n) is 4.97. The van der Waals surface area contributed by atoms with Crippen molar-refractivity contribution in [3.8, 4) is 0 Å². The van der Waals surface area contributed by atoms with Gasteiger partial charge in [0.05, 0.1) is 0 Å². The molecule has 1 aromatic heterocycles. The van der Waals surface area contributed by atoms with Crippen LogP contribution >= 0.6 is 11.3 Å². The van der Waals surface area contributed by atoms with Gasteiger partial charge in [0.15, 0.2) is 0 Å². The van der Waals surface area contributed by atoms with Crippen LogP contribution in [0.5, 0.6) is 0 Å². The molecule has 0 saturated carbocycles. The van der Waals surface area contributed by atoms with Gasteiger partial charge in [-0.25, -0.2) is 9.59 Å². The largest absolute Gasteiger partial charge is 0.477 e. The first-order chi connectivity index (χ1) is 11.5. The lowest BCUT2D eigenvalue weighted by Crippen LogP contribution is -2.36. The van der Waals surface area contributed by atoms with Gasteiger partial charge in [0.25, 0.3) is 0 Å². The zero-order chi connectivity index (χ0) is 17.5. The maximum absolute atomic E-state index is 11.6. The number of benzene rings is 1. The average Bonchev–Trinajstić information content (AvgIpc) is 3.08. The smallest absolute Gasteiger partial charge is 0.407 e. The third-order valence-corrected chi connectivity index (χ3v) is 4.16. The summed E-state index contributed by atoms with van der Waals surface area (Å²) in [5, 5.41) is 32.8. The molecule has 2 unspecified atom stereocenters. The molecule has 0 aliphatic carbocycles. The molecule has 1 aromatic carbocycles. The first-order valence-corrected chi connectivity index (χ1v) is 7.98. The fraction of sp³-hybridized carbons (Fsp3) is 0.250. The molecule has 128 valence electrons. The second kappa shape index (κ2) is 8.44. The number of carboxylic acid groups (broad SMARTS) is 1. The minimum atomic E-state index is -1.42. The number of nitrogens with one attached hydrogen (secondary N) is 1. The summed E-state index contributed by atoms with van der Waals surface area (Å²) in [7, 11) is 0. The zero-order valence-electron chi connectivity index (χ0n) is 12.6. The van der Waals surface area contributed by atoms with E-state index in [1.54, 1.807) is 12.1 Å². The Labute approximate surface area is 142 Å². The summed E-state index contributed by atoms with van der Waals surface area (Å²) in [5.41, 5.74) is 0.928. The van der Waals surface area contributed by atoms with Crippen molar-refractivity contribution < 1.29 is 29.6 Å². The van der Waals surface area contributed by atoms with Gasteiger partial charge < -0.3 is 25.4 Å². The lowest BCUT2D eigenvalue weighted by molar-refractivity contribution is 0.0177. The van der Waals surface area contributed by atoms with Crippen molar-refractivity contribution in [2.75, 3.05) is 6.54 Å². The first-order valence-electron chi connectivity index (χ1n) is 7.10. The molecule has 0 aliphatic heterocycles. The van der Waals surface area contributed by atoms with E-state index in [-0.39, 0.29) is 23.6 Å². The van der Waals surface area contributed by atoms with Gasteiger partial charge in [-0.1, -0.05) is 30.3 Å². The van der Waals surface area contributed by atoms with Crippen LogP contribution in [0.3, 0.4) is 0 Å². The second-order valence-corrected chi connectivity index (χ2v) is 5.88. The molecule has 0 bridgehead atoms. The number of alkyl carbamates (subject to hydrolysis) is 1. The van der Waals surface area contributed by atoms with Crippen LogP contribution in [0.25, 0.3) is 0 Å². The van der Waals surface area contributed by atoms with E-state index < -0.39 is 24.3 Å². The fourth-order valence-corrected chi connectivity index (χ4v) is 2.78. The Balaban J connectivity index is 1.81. The summed E-state index contributed by atoms with van der Waals surface area (Å²) in [6.07, 6.45) is -3.52. The van der Waals surface area contributed by atoms with E-state index in [1.165, 1.54) is 11.4 Å². The Morgan fingerprint density at radius 1 is 1.17 bits per heavy atom. The number of aromatic carboxylic acids is 1. The first kappa shape index (κ1) is 17.9. The van der Waals surface area contributed by atoms with Crippen LogP contribution in [-0.2, 0) is 11.3 Å². The molecule has 1 amide bonds. The quantitative estimate of drug-likeness (QED) is 0.604. The number of rotatable bonds is 7. The van der Waals surface area contributed by atoms with Gasteiger partial charge >= 0.3 is 12.1 Å². The molecule has 0 aliphatic rings. The number of carbonyl (C=O) groups is 2. The normalized spacial score (nSPS) is 13.1. The third-order valence-electron chi connectivity index (χ3n) is 3.24. The van der Waals surface area contributed by atoms with Crippen molar-refractivity contribution in [2.45, 2.75) is 18.8 Å². The number of carboxylic acids is 1. The van der Waals surface area contributed by atoms with E-state index in [4.69, 9.17) is 9.84 Å². The van der Waals surface area contributed by atoms with Gasteiger partial charge in [-0.2, -0.15) is 0 Å². The molecule has 2 rings (SSSR count). The van der Waals surface area contributed by atoms with Crippen LogP contribution in [0, 0.1) is 0 Å². The highest BCUT2D eigenvalue weighted by Crippen LogP contribution is 2.25. The highest BCUT2D eigenvalue weighted by molar-refractivity contribution is 7.12. The summed E-state index contributed by atoms with van der Waals surface area (Å²) in [4.78, 5) is 22.6. The van der Waals surface area contributed by atoms with Gasteiger partial charge in [0.1, 0.15) is 23.7 Å². The monoisotopic (exact) mass is 351 g/mol. The predicted molar refractivity (Wildman–Crippen MR) is 86.9 cm³/mol. The molecule has 0 fully saturated rings. The Bertz CT molecular complexity index is 687. The lowest BCUT2D eigenvalue weighted by Gasteiger charge is -2.18. The van der Waals surface area contributed by atoms with Gasteiger partial charge in [-0.05, 0) is 17.0 Å². The maximum atomic E-state index is 11.6. The Hall–Kier alpha value is -2.42. The van der Waals surface area contributed by atoms with E-state index in [0.717, 1.165) is 16.9 Å². The molecule has 0 spiro atoms. The number of thiophene rings is 1. The van der Waals surface area contributed by atoms with E-state index >= 15 is 0 Å². The Morgan fingerprint density at radius 3 is 2.54 bits per heavy atom. The van der Waals surface area contributed by atoms with Crippen molar-refractivity contribution in [3.05, 3.63) is 57.8 Å². The van der Waals surface area contributed by atoms with Crippen LogP contribution in [0.4, 0.5) is 4.79 Å². The molecule has 24 heavy (non-hydrogen) atoms. The molecule has 0 saturated heterocycles. The number of carbonyl (C=O) groups excluding carboxylic acids is 1. The van der Waals surface area contributed by atoms with Gasteiger partial charge in [-0.15, -0.1) is 11.3 Å². The van der Waals surface area contributed by atoms with Gasteiger partial charge in [0, 0.05) is 12.1 Å². The topological polar surface area (TPSA) is 116 Å². The average molecular weight is 351 g/mol. The van der Waals surface area contributed by atoms with Crippen LogP contribution in [0.2, 0.25) is 0 Å². The summed E-state index contributed by atoms with van der Waals surface area (Å²) in [6.45, 7) is -0.192. The number of hydrogen-bond acceptors (Lipinski definition) is 6. The van der Waals surface area contributed by atoms with Crippen LogP contribution in [-0.4, -0.2) is 40.0 Å². The Morgan fingerprint density at radius 2 is 1.88 bits per heavy atom. The lowest BCUT2D eigenvalue weighted by atomic mass is 10.1. The van der Waals surface area contributed by atoms with Crippen molar-refractivity contribution in [3.63, 3.8) is 0 Å². The highest BCUT2D eigenvalue weighted by atomic mass is 32.1. The number of aliphatic hydroxyl groups excluding tert-OH is 2. The fourth-order valence-electron chi connectivity index (χ4n) is 2.01. The molecule has 2 aromatic rings. The number of aliphatic hydroxyl groups is 2. The van der Waals surface area contributed by atoms with E-state index in [9.17, 15) is 19.8 Å². The third kappa shape index (κ3) is 4.79. The van der Waals surface area contributed by atoms with Gasteiger partial charge in [-0.3, -0.25) is 0 Å². The molecule has 8 heteroatoms. The molecule has 7 nitrogen and oxygen atoms in total. The van der Waals surface area contributed by atoms with Crippen molar-refractivity contribution in [1.29, 1.82) is 0 Å². The van der Waals surface area contributed by atoms with Crippen LogP contribution in [0.15, 0.2) is 41.8 Å². The van der Waals surface area contributed by atoms with E-state index in [1.807, 2.05) is 18.2 Å². The summed E-state index contributed by atoms with van der Waals surface area (Å²) in [5.74, 6) is -1.18. The minimum absolute atomic E-state index is 0.0480. The van der Waals surface area contributed by atoms with Crippen LogP contribution in [0.1, 0.15) is 26.9 Å². The SMILES string of the molecule is O=C(NCC(O)C(O)c1ccsc1C(=O)O)OCc1ccccc1. The predicted octanol–water partition coefficient (Wildman–Crippen LogP) is 1.77. The zero-order valence-corrected chi connectivity index (χ0v) is 13.4. The minimum Gasteiger partial charge on any atom is -0.477 e. The molecule has 4 N–H and O–H groups in total. The summed E-state index contributed by atoms with van der Waals surface area (Å²) in [6, 6.07) is 10.5. The van der Waals surface area contributed by atoms with E-state index in [0.29, 0.717) is 0 Å². The molecular formula is C16H17NO6S. The van der Waals surface area contributed by atoms with Crippen molar-refractivity contribution >= 4 is 23.4 Å². The van der Waals surface area contributed by atoms with Gasteiger partial charge in [0.2, 0.25) is 0 Å². The van der Waals surface area contributed by atoms with Crippen molar-refractivity contribution in [1.82, 2.24) is 5.32 Å². The standard InChI is InChI=1S/C16H17NO6S/c18-12(13(19)11-6-7-24-14(11)15(20)21)8-17-16(22)23-9-10-4-2-1-3-5-10/h1-7,12-13,18-19H,8-9H2,(H,17,22)(H,20,21). The maximum Gasteiger partial charge on any atom is 0.407 e. The summed E-state index contributed by atoms with van der Waals surface area (Å²) < 4.78 is 4.98. The number of ether oxygens (including phenoxy) is 1. The molecule has 1 heterocycles. The molecule has 0 radical (unpaired) electrons. The van der Waals surface area contributed by atoms with Crippen molar-refractivity contribution in [2.24, 2.45) is 0 Å². The number of amides is 1. The van der Waals surface area contributed by atoms with Crippen LogP contribution < -0.4 is 5.32 Å². The Kier molecular flexibility index (Phi) is 6.30.